The Labute approximate surface area is 230 Å². The minimum absolute atomic E-state index is 0.0161. The van der Waals surface area contributed by atoms with E-state index in [2.05, 4.69) is 15.3 Å². The highest BCUT2D eigenvalue weighted by Gasteiger charge is 2.36. The van der Waals surface area contributed by atoms with E-state index in [1.165, 1.54) is 6.20 Å². The number of amides is 1. The summed E-state index contributed by atoms with van der Waals surface area (Å²) in [6.07, 6.45) is 4.95. The molecule has 0 radical (unpaired) electrons. The van der Waals surface area contributed by atoms with Crippen LogP contribution < -0.4 is 16.8 Å². The van der Waals surface area contributed by atoms with Gasteiger partial charge in [0.15, 0.2) is 11.5 Å². The number of pyridine rings is 2. The molecule has 1 aliphatic rings. The molecule has 0 aliphatic heterocycles. The van der Waals surface area contributed by atoms with Crippen LogP contribution in [0.2, 0.25) is 0 Å². The second-order valence-electron chi connectivity index (χ2n) is 10.0. The summed E-state index contributed by atoms with van der Waals surface area (Å²) in [6, 6.07) is 5.18. The standard InChI is InChI=1S/C27H30F3N5O4S/c1-14-10-15(11-21(32)26(14)39-8-9-40(2,37)38)16-6-7-33-13-22(16)34-27(36)25-20(31)12-19(30)24(35-25)23-17(28)4-3-5-18(23)29/h3-7,12-15,21,26H,8-11,31-32H2,1-2H3,(H,34,36)/t14-,15+,21+,26-/m0/s1. The van der Waals surface area contributed by atoms with Crippen molar-refractivity contribution in [2.75, 3.05) is 29.7 Å². The Morgan fingerprint density at radius 3 is 2.50 bits per heavy atom. The maximum Gasteiger partial charge on any atom is 0.276 e. The highest BCUT2D eigenvalue weighted by Crippen LogP contribution is 2.40. The number of aromatic nitrogens is 2. The summed E-state index contributed by atoms with van der Waals surface area (Å²) in [5, 5.41) is 2.69. The molecule has 1 saturated carbocycles. The number of nitrogens with one attached hydrogen (secondary N) is 1. The summed E-state index contributed by atoms with van der Waals surface area (Å²) in [7, 11) is -3.17. The second-order valence-corrected chi connectivity index (χ2v) is 12.3. The molecular formula is C27H30F3N5O4S. The SMILES string of the molecule is C[C@H]1C[C@@H](c2ccncc2NC(=O)c2nc(-c3c(F)cccc3F)c(F)cc2N)C[C@@H](N)[C@H]1OCCS(C)(=O)=O. The number of nitrogens with zero attached hydrogens (tertiary/aromatic N) is 2. The van der Waals surface area contributed by atoms with Crippen LogP contribution in [-0.2, 0) is 14.6 Å². The van der Waals surface area contributed by atoms with Gasteiger partial charge in [0.2, 0.25) is 0 Å². The molecule has 0 spiro atoms. The number of halogens is 3. The quantitative estimate of drug-likeness (QED) is 0.367. The van der Waals surface area contributed by atoms with Crippen molar-refractivity contribution >= 4 is 27.1 Å². The topological polar surface area (TPSA) is 150 Å². The fourth-order valence-electron chi connectivity index (χ4n) is 5.07. The lowest BCUT2D eigenvalue weighted by Gasteiger charge is -2.39. The lowest BCUT2D eigenvalue weighted by atomic mass is 9.74. The summed E-state index contributed by atoms with van der Waals surface area (Å²) in [5.74, 6) is -4.20. The van der Waals surface area contributed by atoms with Gasteiger partial charge in [-0.1, -0.05) is 13.0 Å². The van der Waals surface area contributed by atoms with Gasteiger partial charge in [0.05, 0.1) is 41.6 Å². The van der Waals surface area contributed by atoms with E-state index in [-0.39, 0.29) is 36.0 Å². The maximum absolute atomic E-state index is 14.6. The van der Waals surface area contributed by atoms with E-state index in [9.17, 15) is 26.4 Å². The predicted octanol–water partition coefficient (Wildman–Crippen LogP) is 3.67. The van der Waals surface area contributed by atoms with E-state index >= 15 is 0 Å². The number of nitrogens with two attached hydrogens (primary N) is 2. The zero-order chi connectivity index (χ0) is 29.2. The van der Waals surface area contributed by atoms with Crippen molar-refractivity contribution in [3.05, 3.63) is 71.4 Å². The average molecular weight is 578 g/mol. The van der Waals surface area contributed by atoms with Crippen LogP contribution in [0.1, 0.15) is 41.7 Å². The first-order chi connectivity index (χ1) is 18.9. The molecule has 214 valence electrons. The fraction of sp³-hybridized carbons (Fsp3) is 0.370. The Bertz CT molecular complexity index is 1490. The summed E-state index contributed by atoms with van der Waals surface area (Å²) >= 11 is 0. The fourth-order valence-corrected chi connectivity index (χ4v) is 5.47. The van der Waals surface area contributed by atoms with Crippen molar-refractivity contribution in [2.24, 2.45) is 11.7 Å². The second kappa shape index (κ2) is 11.9. The monoisotopic (exact) mass is 577 g/mol. The Hall–Kier alpha value is -3.55. The largest absolute Gasteiger partial charge is 0.397 e. The smallest absolute Gasteiger partial charge is 0.276 e. The molecule has 0 bridgehead atoms. The number of carbonyl (C=O) groups excluding carboxylic acids is 1. The molecule has 13 heteroatoms. The third kappa shape index (κ3) is 6.60. The minimum Gasteiger partial charge on any atom is -0.397 e. The van der Waals surface area contributed by atoms with Crippen molar-refractivity contribution < 1.29 is 31.1 Å². The Morgan fingerprint density at radius 1 is 1.15 bits per heavy atom. The van der Waals surface area contributed by atoms with Gasteiger partial charge in [-0.25, -0.2) is 26.6 Å². The molecule has 1 amide bonds. The molecule has 2 heterocycles. The minimum atomic E-state index is -3.17. The third-order valence-electron chi connectivity index (χ3n) is 6.92. The van der Waals surface area contributed by atoms with Gasteiger partial charge in [-0.3, -0.25) is 9.78 Å². The van der Waals surface area contributed by atoms with Gasteiger partial charge in [0, 0.05) is 24.6 Å². The van der Waals surface area contributed by atoms with Crippen LogP contribution in [0.15, 0.2) is 42.7 Å². The predicted molar refractivity (Wildman–Crippen MR) is 145 cm³/mol. The molecule has 5 N–H and O–H groups in total. The highest BCUT2D eigenvalue weighted by atomic mass is 32.2. The lowest BCUT2D eigenvalue weighted by Crippen LogP contribution is -2.47. The third-order valence-corrected chi connectivity index (χ3v) is 7.83. The molecular weight excluding hydrogens is 547 g/mol. The first-order valence-corrected chi connectivity index (χ1v) is 14.6. The van der Waals surface area contributed by atoms with E-state index in [0.29, 0.717) is 18.5 Å². The van der Waals surface area contributed by atoms with Crippen LogP contribution in [0, 0.1) is 23.4 Å². The van der Waals surface area contributed by atoms with Crippen LogP contribution in [0.4, 0.5) is 24.5 Å². The van der Waals surface area contributed by atoms with Gasteiger partial charge >= 0.3 is 0 Å². The van der Waals surface area contributed by atoms with E-state index in [1.54, 1.807) is 12.3 Å². The molecule has 1 aliphatic carbocycles. The summed E-state index contributed by atoms with van der Waals surface area (Å²) in [5.41, 5.74) is 11.2. The number of benzene rings is 1. The average Bonchev–Trinajstić information content (AvgIpc) is 2.86. The molecule has 3 aromatic rings. The highest BCUT2D eigenvalue weighted by molar-refractivity contribution is 7.90. The number of anilines is 2. The maximum atomic E-state index is 14.6. The van der Waals surface area contributed by atoms with Gasteiger partial charge in [0.1, 0.15) is 27.2 Å². The number of carbonyl (C=O) groups is 1. The van der Waals surface area contributed by atoms with Crippen LogP contribution in [0.3, 0.4) is 0 Å². The van der Waals surface area contributed by atoms with Crippen LogP contribution in [0.25, 0.3) is 11.3 Å². The molecule has 0 unspecified atom stereocenters. The van der Waals surface area contributed by atoms with Crippen molar-refractivity contribution in [1.29, 1.82) is 0 Å². The summed E-state index contributed by atoms with van der Waals surface area (Å²) in [6.45, 7) is 2.01. The van der Waals surface area contributed by atoms with Gasteiger partial charge < -0.3 is 21.5 Å². The Balaban J connectivity index is 1.56. The normalized spacial score (nSPS) is 21.2. The number of hydrogen-bond donors (Lipinski definition) is 3. The molecule has 1 fully saturated rings. The number of sulfone groups is 1. The molecule has 9 nitrogen and oxygen atoms in total. The van der Waals surface area contributed by atoms with Gasteiger partial charge in [0.25, 0.3) is 5.91 Å². The van der Waals surface area contributed by atoms with Crippen LogP contribution in [-0.4, -0.2) is 55.1 Å². The first-order valence-electron chi connectivity index (χ1n) is 12.6. The van der Waals surface area contributed by atoms with Crippen molar-refractivity contribution in [3.63, 3.8) is 0 Å². The first kappa shape index (κ1) is 29.4. The molecule has 4 rings (SSSR count). The van der Waals surface area contributed by atoms with Crippen molar-refractivity contribution in [1.82, 2.24) is 9.97 Å². The van der Waals surface area contributed by atoms with E-state index in [1.807, 2.05) is 6.92 Å². The zero-order valence-electron chi connectivity index (χ0n) is 21.9. The molecule has 1 aromatic carbocycles. The van der Waals surface area contributed by atoms with Gasteiger partial charge in [-0.2, -0.15) is 0 Å². The molecule has 2 aromatic heterocycles. The number of nitrogen functional groups attached to an aromatic ring is 1. The molecule has 0 saturated heterocycles. The van der Waals surface area contributed by atoms with E-state index in [4.69, 9.17) is 16.2 Å². The van der Waals surface area contributed by atoms with E-state index < -0.39 is 56.2 Å². The molecule has 4 atom stereocenters. The van der Waals surface area contributed by atoms with Crippen molar-refractivity contribution in [2.45, 2.75) is 37.8 Å². The van der Waals surface area contributed by atoms with Gasteiger partial charge in [-0.05, 0) is 48.4 Å². The van der Waals surface area contributed by atoms with E-state index in [0.717, 1.165) is 36.1 Å². The Morgan fingerprint density at radius 2 is 1.85 bits per heavy atom. The van der Waals surface area contributed by atoms with Gasteiger partial charge in [-0.15, -0.1) is 0 Å². The number of ether oxygens (including phenoxy) is 1. The Kier molecular flexibility index (Phi) is 8.76. The lowest BCUT2D eigenvalue weighted by molar-refractivity contribution is -0.0152. The molecule has 40 heavy (non-hydrogen) atoms. The van der Waals surface area contributed by atoms with Crippen LogP contribution >= 0.6 is 0 Å². The number of rotatable bonds is 8. The van der Waals surface area contributed by atoms with Crippen molar-refractivity contribution in [3.8, 4) is 11.3 Å². The summed E-state index contributed by atoms with van der Waals surface area (Å²) in [4.78, 5) is 21.2. The zero-order valence-corrected chi connectivity index (χ0v) is 22.7. The summed E-state index contributed by atoms with van der Waals surface area (Å²) < 4.78 is 72.0. The van der Waals surface area contributed by atoms with Crippen LogP contribution in [0.5, 0.6) is 0 Å². The number of hydrogen-bond acceptors (Lipinski definition) is 8.